The first kappa shape index (κ1) is 25.3. The van der Waals surface area contributed by atoms with Crippen LogP contribution in [0.5, 0.6) is 0 Å². The summed E-state index contributed by atoms with van der Waals surface area (Å²) in [5.41, 5.74) is 5.92. The zero-order chi connectivity index (χ0) is 27.1. The van der Waals surface area contributed by atoms with Crippen molar-refractivity contribution in [3.8, 4) is 0 Å². The maximum absolute atomic E-state index is 13.6. The Labute approximate surface area is 231 Å². The molecule has 1 aliphatic heterocycles. The number of halogens is 1. The van der Waals surface area contributed by atoms with Gasteiger partial charge in [-0.1, -0.05) is 17.7 Å². The van der Waals surface area contributed by atoms with Crippen molar-refractivity contribution in [2.24, 2.45) is 0 Å². The van der Waals surface area contributed by atoms with Gasteiger partial charge in [-0.2, -0.15) is 0 Å². The van der Waals surface area contributed by atoms with Gasteiger partial charge in [0.25, 0.3) is 5.56 Å². The number of hydrogen-bond acceptors (Lipinski definition) is 7. The lowest BCUT2D eigenvalue weighted by Crippen LogP contribution is -2.49. The molecule has 3 aromatic heterocycles. The summed E-state index contributed by atoms with van der Waals surface area (Å²) in [5, 5.41) is 14.4. The lowest BCUT2D eigenvalue weighted by molar-refractivity contribution is 0.200. The lowest BCUT2D eigenvalue weighted by atomic mass is 10.00. The first-order valence-electron chi connectivity index (χ1n) is 13.0. The Balaban J connectivity index is 1.40. The fraction of sp³-hybridized carbons (Fsp3) is 0.310. The Kier molecular flexibility index (Phi) is 6.70. The van der Waals surface area contributed by atoms with Crippen molar-refractivity contribution in [1.82, 2.24) is 30.1 Å². The quantitative estimate of drug-likeness (QED) is 0.333. The Morgan fingerprint density at radius 1 is 1.00 bits per heavy atom. The van der Waals surface area contributed by atoms with Crippen LogP contribution in [0.4, 0.5) is 5.69 Å². The molecule has 200 valence electrons. The summed E-state index contributed by atoms with van der Waals surface area (Å²) in [6.45, 7) is 9.59. The fourth-order valence-electron chi connectivity index (χ4n) is 5.41. The summed E-state index contributed by atoms with van der Waals surface area (Å²) in [7, 11) is 0. The van der Waals surface area contributed by atoms with E-state index in [4.69, 9.17) is 16.0 Å². The molecule has 39 heavy (non-hydrogen) atoms. The van der Waals surface area contributed by atoms with Crippen LogP contribution in [0.15, 0.2) is 64.0 Å². The molecule has 0 aliphatic carbocycles. The van der Waals surface area contributed by atoms with Crippen molar-refractivity contribution < 1.29 is 4.42 Å². The molecule has 1 unspecified atom stereocenters. The Morgan fingerprint density at radius 3 is 2.56 bits per heavy atom. The van der Waals surface area contributed by atoms with Gasteiger partial charge in [-0.3, -0.25) is 9.69 Å². The number of furan rings is 1. The predicted octanol–water partition coefficient (Wildman–Crippen LogP) is 4.65. The van der Waals surface area contributed by atoms with Crippen LogP contribution in [0, 0.1) is 20.8 Å². The third-order valence-corrected chi connectivity index (χ3v) is 7.90. The number of hydrogen-bond donors (Lipinski definition) is 1. The summed E-state index contributed by atoms with van der Waals surface area (Å²) >= 11 is 6.32. The minimum atomic E-state index is -0.438. The van der Waals surface area contributed by atoms with Crippen LogP contribution in [0.25, 0.3) is 10.9 Å². The first-order chi connectivity index (χ1) is 18.9. The molecule has 2 aromatic carbocycles. The molecule has 1 fully saturated rings. The molecule has 9 nitrogen and oxygen atoms in total. The van der Waals surface area contributed by atoms with E-state index in [0.29, 0.717) is 31.0 Å². The van der Waals surface area contributed by atoms with E-state index in [2.05, 4.69) is 50.2 Å². The highest BCUT2D eigenvalue weighted by molar-refractivity contribution is 6.30. The normalized spacial score (nSPS) is 15.2. The summed E-state index contributed by atoms with van der Waals surface area (Å²) in [6.07, 6.45) is 1.63. The van der Waals surface area contributed by atoms with Crippen LogP contribution < -0.4 is 10.5 Å². The van der Waals surface area contributed by atoms with Crippen molar-refractivity contribution in [3.05, 3.63) is 104 Å². The zero-order valence-electron chi connectivity index (χ0n) is 22.2. The second-order valence-electron chi connectivity index (χ2n) is 10.2. The molecular formula is C29H30ClN7O2. The van der Waals surface area contributed by atoms with Crippen LogP contribution in [0.3, 0.4) is 0 Å². The second-order valence-corrected chi connectivity index (χ2v) is 10.6. The number of fused-ring (bicyclic) bond motifs is 1. The Morgan fingerprint density at radius 2 is 1.79 bits per heavy atom. The van der Waals surface area contributed by atoms with Crippen LogP contribution in [-0.4, -0.2) is 56.3 Å². The fourth-order valence-corrected chi connectivity index (χ4v) is 5.58. The van der Waals surface area contributed by atoms with E-state index < -0.39 is 6.04 Å². The van der Waals surface area contributed by atoms with E-state index in [1.165, 1.54) is 11.1 Å². The molecule has 0 saturated carbocycles. The van der Waals surface area contributed by atoms with Crippen LogP contribution >= 0.6 is 11.6 Å². The van der Waals surface area contributed by atoms with Crippen LogP contribution in [0.1, 0.15) is 39.9 Å². The van der Waals surface area contributed by atoms with E-state index in [1.54, 1.807) is 10.9 Å². The van der Waals surface area contributed by atoms with Gasteiger partial charge in [-0.05, 0) is 95.7 Å². The van der Waals surface area contributed by atoms with E-state index in [0.717, 1.165) is 46.0 Å². The summed E-state index contributed by atoms with van der Waals surface area (Å²) in [4.78, 5) is 21.4. The van der Waals surface area contributed by atoms with Gasteiger partial charge >= 0.3 is 0 Å². The van der Waals surface area contributed by atoms with Gasteiger partial charge in [0, 0.05) is 48.0 Å². The predicted molar refractivity (Wildman–Crippen MR) is 151 cm³/mol. The number of H-pyrrole nitrogens is 1. The lowest BCUT2D eigenvalue weighted by Gasteiger charge is -2.40. The van der Waals surface area contributed by atoms with Crippen molar-refractivity contribution >= 4 is 28.2 Å². The highest BCUT2D eigenvalue weighted by Crippen LogP contribution is 2.31. The average molecular weight is 544 g/mol. The van der Waals surface area contributed by atoms with E-state index in [1.807, 2.05) is 49.4 Å². The zero-order valence-corrected chi connectivity index (χ0v) is 22.9. The SMILES string of the molecule is Cc1cc2cc(C(c3nnnn3Cc3ccco3)N3CCN(c4cc(Cl)ccc4C)CC3)c(=O)[nH]c2cc1C. The number of aromatic nitrogens is 5. The average Bonchev–Trinajstić information content (AvgIpc) is 3.61. The van der Waals surface area contributed by atoms with Crippen molar-refractivity contribution in [2.45, 2.75) is 33.4 Å². The molecular weight excluding hydrogens is 514 g/mol. The smallest absolute Gasteiger partial charge is 0.253 e. The molecule has 1 N–H and O–H groups in total. The number of nitrogens with one attached hydrogen (secondary N) is 1. The summed E-state index contributed by atoms with van der Waals surface area (Å²) in [6, 6.07) is 15.4. The minimum Gasteiger partial charge on any atom is -0.467 e. The van der Waals surface area contributed by atoms with Gasteiger partial charge in [0.1, 0.15) is 18.3 Å². The van der Waals surface area contributed by atoms with E-state index in [-0.39, 0.29) is 5.56 Å². The summed E-state index contributed by atoms with van der Waals surface area (Å²) in [5.74, 6) is 1.34. The van der Waals surface area contributed by atoms with Crippen molar-refractivity contribution in [3.63, 3.8) is 0 Å². The first-order valence-corrected chi connectivity index (χ1v) is 13.4. The highest BCUT2D eigenvalue weighted by Gasteiger charge is 2.33. The number of piperazine rings is 1. The van der Waals surface area contributed by atoms with Crippen LogP contribution in [0.2, 0.25) is 5.02 Å². The summed E-state index contributed by atoms with van der Waals surface area (Å²) < 4.78 is 7.29. The highest BCUT2D eigenvalue weighted by atomic mass is 35.5. The number of nitrogens with zero attached hydrogens (tertiary/aromatic N) is 6. The molecule has 10 heteroatoms. The van der Waals surface area contributed by atoms with Gasteiger partial charge in [-0.25, -0.2) is 4.68 Å². The molecule has 1 atom stereocenters. The van der Waals surface area contributed by atoms with Gasteiger partial charge in [0.2, 0.25) is 0 Å². The maximum Gasteiger partial charge on any atom is 0.253 e. The maximum atomic E-state index is 13.6. The number of anilines is 1. The Bertz CT molecular complexity index is 1680. The van der Waals surface area contributed by atoms with Gasteiger partial charge in [0.05, 0.1) is 6.26 Å². The molecule has 0 amide bonds. The largest absolute Gasteiger partial charge is 0.467 e. The van der Waals surface area contributed by atoms with Crippen LogP contribution in [-0.2, 0) is 6.54 Å². The minimum absolute atomic E-state index is 0.142. The number of aromatic amines is 1. The standard InChI is InChI=1S/C29H30ClN7O2/c1-18-6-7-22(30)16-26(18)35-8-10-36(11-9-35)27(28-32-33-34-37(28)17-23-5-4-12-39-23)24-15-21-13-19(2)20(3)14-25(21)31-29(24)38/h4-7,12-16,27H,8-11,17H2,1-3H3,(H,31,38). The number of tetrazole rings is 1. The molecule has 6 rings (SSSR count). The monoisotopic (exact) mass is 543 g/mol. The molecule has 1 saturated heterocycles. The number of pyridine rings is 1. The van der Waals surface area contributed by atoms with E-state index >= 15 is 0 Å². The van der Waals surface area contributed by atoms with Crippen molar-refractivity contribution in [2.75, 3.05) is 31.1 Å². The van der Waals surface area contributed by atoms with E-state index in [9.17, 15) is 4.79 Å². The third-order valence-electron chi connectivity index (χ3n) is 7.66. The number of rotatable bonds is 6. The molecule has 1 aliphatic rings. The number of aryl methyl sites for hydroxylation is 3. The molecule has 5 aromatic rings. The van der Waals surface area contributed by atoms with Gasteiger partial charge in [-0.15, -0.1) is 5.10 Å². The van der Waals surface area contributed by atoms with Gasteiger partial charge in [0.15, 0.2) is 5.82 Å². The van der Waals surface area contributed by atoms with Crippen molar-refractivity contribution in [1.29, 1.82) is 0 Å². The topological polar surface area (TPSA) is 96.1 Å². The third kappa shape index (κ3) is 4.95. The molecule has 4 heterocycles. The molecule has 0 spiro atoms. The van der Waals surface area contributed by atoms with Gasteiger partial charge < -0.3 is 14.3 Å². The second kappa shape index (κ2) is 10.3. The Hall–Kier alpha value is -3.95. The molecule has 0 bridgehead atoms. The molecule has 0 radical (unpaired) electrons. The number of benzene rings is 2.